The smallest absolute Gasteiger partial charge is 0.00967 e. The fourth-order valence-corrected chi connectivity index (χ4v) is 5.97. The van der Waals surface area contributed by atoms with E-state index in [9.17, 15) is 0 Å². The van der Waals surface area contributed by atoms with E-state index < -0.39 is 0 Å². The van der Waals surface area contributed by atoms with Gasteiger partial charge in [0.15, 0.2) is 0 Å². The number of nitrogens with one attached hydrogen (secondary N) is 2. The standard InChI is InChI=1S/C20H38N2/c1-17(2,3)21-13-19-8-15-7-16(9-19)11-20(10-15,12-19)14-22-18(4,5)6/h15-16,21-22H,7-14H2,1-6H3. The Bertz CT molecular complexity index is 362. The maximum atomic E-state index is 3.85. The zero-order chi connectivity index (χ0) is 16.2. The summed E-state index contributed by atoms with van der Waals surface area (Å²) in [4.78, 5) is 0. The van der Waals surface area contributed by atoms with Crippen LogP contribution in [0.15, 0.2) is 0 Å². The van der Waals surface area contributed by atoms with Gasteiger partial charge < -0.3 is 10.6 Å². The Hall–Kier alpha value is -0.0800. The Morgan fingerprint density at radius 2 is 1.09 bits per heavy atom. The second kappa shape index (κ2) is 5.21. The zero-order valence-electron chi connectivity index (χ0n) is 15.8. The molecule has 2 N–H and O–H groups in total. The lowest BCUT2D eigenvalue weighted by Gasteiger charge is -2.63. The second-order valence-corrected chi connectivity index (χ2v) is 11.2. The highest BCUT2D eigenvalue weighted by atomic mass is 15.0. The van der Waals surface area contributed by atoms with Crippen molar-refractivity contribution >= 4 is 0 Å². The highest BCUT2D eigenvalue weighted by Crippen LogP contribution is 2.65. The average molecular weight is 307 g/mol. The first-order chi connectivity index (χ1) is 9.99. The lowest BCUT2D eigenvalue weighted by Crippen LogP contribution is -2.59. The Morgan fingerprint density at radius 1 is 0.727 bits per heavy atom. The van der Waals surface area contributed by atoms with Gasteiger partial charge in [0.2, 0.25) is 0 Å². The highest BCUT2D eigenvalue weighted by molar-refractivity contribution is 5.09. The van der Waals surface area contributed by atoms with E-state index in [-0.39, 0.29) is 11.1 Å². The first-order valence-corrected chi connectivity index (χ1v) is 9.49. The van der Waals surface area contributed by atoms with E-state index >= 15 is 0 Å². The van der Waals surface area contributed by atoms with Crippen LogP contribution in [0.25, 0.3) is 0 Å². The molecule has 4 fully saturated rings. The molecule has 0 aromatic heterocycles. The summed E-state index contributed by atoms with van der Waals surface area (Å²) in [5, 5.41) is 7.70. The molecule has 0 heterocycles. The van der Waals surface area contributed by atoms with Crippen molar-refractivity contribution in [2.24, 2.45) is 22.7 Å². The van der Waals surface area contributed by atoms with Crippen LogP contribution in [0.3, 0.4) is 0 Å². The van der Waals surface area contributed by atoms with E-state index in [0.29, 0.717) is 10.8 Å². The van der Waals surface area contributed by atoms with Crippen LogP contribution in [0.5, 0.6) is 0 Å². The predicted molar refractivity (Wildman–Crippen MR) is 95.1 cm³/mol. The third kappa shape index (κ3) is 3.70. The van der Waals surface area contributed by atoms with Crippen molar-refractivity contribution in [3.05, 3.63) is 0 Å². The summed E-state index contributed by atoms with van der Waals surface area (Å²) < 4.78 is 0. The molecule has 0 spiro atoms. The molecule has 0 aromatic carbocycles. The topological polar surface area (TPSA) is 24.1 Å². The summed E-state index contributed by atoms with van der Waals surface area (Å²) in [6.45, 7) is 16.3. The molecule has 4 saturated carbocycles. The van der Waals surface area contributed by atoms with Crippen molar-refractivity contribution in [3.63, 3.8) is 0 Å². The quantitative estimate of drug-likeness (QED) is 0.807. The predicted octanol–water partition coefficient (Wildman–Crippen LogP) is 4.35. The second-order valence-electron chi connectivity index (χ2n) is 11.2. The van der Waals surface area contributed by atoms with Crippen molar-refractivity contribution in [1.29, 1.82) is 0 Å². The normalized spacial score (nSPS) is 41.2. The molecule has 2 nitrogen and oxygen atoms in total. The van der Waals surface area contributed by atoms with Gasteiger partial charge in [-0.25, -0.2) is 0 Å². The van der Waals surface area contributed by atoms with Crippen molar-refractivity contribution < 1.29 is 0 Å². The Morgan fingerprint density at radius 3 is 1.41 bits per heavy atom. The number of hydrogen-bond donors (Lipinski definition) is 2. The Balaban J connectivity index is 1.72. The van der Waals surface area contributed by atoms with Crippen molar-refractivity contribution in [1.82, 2.24) is 10.6 Å². The first-order valence-electron chi connectivity index (χ1n) is 9.49. The van der Waals surface area contributed by atoms with Gasteiger partial charge in [0, 0.05) is 24.2 Å². The van der Waals surface area contributed by atoms with Gasteiger partial charge in [-0.05, 0) is 103 Å². The molecule has 128 valence electrons. The fourth-order valence-electron chi connectivity index (χ4n) is 5.97. The molecule has 0 unspecified atom stereocenters. The monoisotopic (exact) mass is 306 g/mol. The molecule has 4 aliphatic carbocycles. The minimum absolute atomic E-state index is 0.250. The summed E-state index contributed by atoms with van der Waals surface area (Å²) in [5.74, 6) is 2.01. The Kier molecular flexibility index (Phi) is 3.97. The summed E-state index contributed by atoms with van der Waals surface area (Å²) in [5.41, 5.74) is 1.69. The van der Waals surface area contributed by atoms with E-state index in [4.69, 9.17) is 0 Å². The molecule has 4 rings (SSSR count). The molecule has 0 amide bonds. The van der Waals surface area contributed by atoms with Gasteiger partial charge in [0.25, 0.3) is 0 Å². The van der Waals surface area contributed by atoms with Gasteiger partial charge in [0.1, 0.15) is 0 Å². The summed E-state index contributed by atoms with van der Waals surface area (Å²) >= 11 is 0. The summed E-state index contributed by atoms with van der Waals surface area (Å²) in [6.07, 6.45) is 8.94. The summed E-state index contributed by atoms with van der Waals surface area (Å²) in [7, 11) is 0. The molecule has 22 heavy (non-hydrogen) atoms. The highest BCUT2D eigenvalue weighted by Gasteiger charge is 2.57. The lowest BCUT2D eigenvalue weighted by molar-refractivity contribution is -0.110. The largest absolute Gasteiger partial charge is 0.312 e. The van der Waals surface area contributed by atoms with Crippen molar-refractivity contribution in [3.8, 4) is 0 Å². The van der Waals surface area contributed by atoms with E-state index in [1.807, 2.05) is 0 Å². The summed E-state index contributed by atoms with van der Waals surface area (Å²) in [6, 6.07) is 0. The van der Waals surface area contributed by atoms with Crippen LogP contribution < -0.4 is 10.6 Å². The van der Waals surface area contributed by atoms with Gasteiger partial charge in [0.05, 0.1) is 0 Å². The van der Waals surface area contributed by atoms with E-state index in [1.54, 1.807) is 0 Å². The maximum absolute atomic E-state index is 3.85. The van der Waals surface area contributed by atoms with Gasteiger partial charge >= 0.3 is 0 Å². The van der Waals surface area contributed by atoms with Crippen LogP contribution in [0.2, 0.25) is 0 Å². The van der Waals surface area contributed by atoms with Crippen molar-refractivity contribution in [2.45, 2.75) is 91.1 Å². The molecule has 0 aromatic rings. The molecular formula is C20H38N2. The van der Waals surface area contributed by atoms with Gasteiger partial charge in [-0.1, -0.05) is 0 Å². The van der Waals surface area contributed by atoms with Crippen molar-refractivity contribution in [2.75, 3.05) is 13.1 Å². The van der Waals surface area contributed by atoms with Gasteiger partial charge in [-0.3, -0.25) is 0 Å². The maximum Gasteiger partial charge on any atom is 0.00967 e. The molecule has 0 atom stereocenters. The first kappa shape index (κ1) is 16.8. The molecule has 4 bridgehead atoms. The molecule has 0 radical (unpaired) electrons. The van der Waals surface area contributed by atoms with Crippen LogP contribution in [0.1, 0.15) is 80.1 Å². The SMILES string of the molecule is CC(C)(C)NCC12CC3CC(C1)CC(CNC(C)(C)C)(C3)C2. The number of rotatable bonds is 4. The van der Waals surface area contributed by atoms with Gasteiger partial charge in [-0.15, -0.1) is 0 Å². The molecule has 4 aliphatic rings. The van der Waals surface area contributed by atoms with Crippen LogP contribution in [0, 0.1) is 22.7 Å². The minimum atomic E-state index is 0.250. The lowest BCUT2D eigenvalue weighted by atomic mass is 9.44. The Labute approximate surface area is 138 Å². The molecule has 0 aliphatic heterocycles. The molecule has 0 saturated heterocycles. The van der Waals surface area contributed by atoms with Gasteiger partial charge in [-0.2, -0.15) is 0 Å². The number of hydrogen-bond acceptors (Lipinski definition) is 2. The zero-order valence-corrected chi connectivity index (χ0v) is 15.8. The fraction of sp³-hybridized carbons (Fsp3) is 1.00. The van der Waals surface area contributed by atoms with E-state index in [0.717, 1.165) is 11.8 Å². The third-order valence-corrected chi connectivity index (χ3v) is 6.29. The average Bonchev–Trinajstić information content (AvgIpc) is 2.31. The van der Waals surface area contributed by atoms with Crippen LogP contribution >= 0.6 is 0 Å². The minimum Gasteiger partial charge on any atom is -0.312 e. The van der Waals surface area contributed by atoms with E-state index in [1.165, 1.54) is 51.6 Å². The van der Waals surface area contributed by atoms with Crippen LogP contribution in [-0.2, 0) is 0 Å². The molecular weight excluding hydrogens is 268 g/mol. The third-order valence-electron chi connectivity index (χ3n) is 6.29. The molecule has 2 heteroatoms. The van der Waals surface area contributed by atoms with E-state index in [2.05, 4.69) is 52.2 Å². The van der Waals surface area contributed by atoms with Crippen LogP contribution in [0.4, 0.5) is 0 Å². The van der Waals surface area contributed by atoms with Crippen LogP contribution in [-0.4, -0.2) is 24.2 Å².